The molecule has 7 heteroatoms. The van der Waals surface area contributed by atoms with Crippen molar-refractivity contribution in [1.82, 2.24) is 19.4 Å². The Morgan fingerprint density at radius 2 is 1.60 bits per heavy atom. The van der Waals surface area contributed by atoms with E-state index in [1.807, 2.05) is 39.9 Å². The van der Waals surface area contributed by atoms with Crippen LogP contribution >= 0.6 is 0 Å². The van der Waals surface area contributed by atoms with Crippen molar-refractivity contribution < 1.29 is 9.59 Å². The second-order valence-corrected chi connectivity index (χ2v) is 11.9. The average molecular weight is 544 g/mol. The van der Waals surface area contributed by atoms with E-state index in [9.17, 15) is 9.59 Å². The van der Waals surface area contributed by atoms with E-state index in [-0.39, 0.29) is 5.91 Å². The Labute approximate surface area is 239 Å². The van der Waals surface area contributed by atoms with Gasteiger partial charge in [-0.3, -0.25) is 14.5 Å². The molecule has 1 saturated heterocycles. The van der Waals surface area contributed by atoms with Crippen LogP contribution in [0.2, 0.25) is 0 Å². The molecule has 4 rings (SSSR count). The van der Waals surface area contributed by atoms with Gasteiger partial charge in [0.25, 0.3) is 5.91 Å². The first-order valence-corrected chi connectivity index (χ1v) is 14.8. The summed E-state index contributed by atoms with van der Waals surface area (Å²) in [6.45, 7) is 13.4. The maximum Gasteiger partial charge on any atom is 0.253 e. The number of primary amides is 1. The Morgan fingerprint density at radius 1 is 0.950 bits per heavy atom. The van der Waals surface area contributed by atoms with E-state index in [0.29, 0.717) is 23.0 Å². The normalized spacial score (nSPS) is 14.6. The summed E-state index contributed by atoms with van der Waals surface area (Å²) in [6, 6.07) is 11.1. The molecule has 1 aromatic carbocycles. The summed E-state index contributed by atoms with van der Waals surface area (Å²) in [5.41, 5.74) is 10.2. The predicted octanol–water partition coefficient (Wildman–Crippen LogP) is 6.13. The standard InChI is InChI=1S/C33H45N5O2/c1-24(2)14-20-37(21-15-25(3)4)33(40)28-16-22-38-30(23-28)29(9-8-19-36-17-6-5-7-18-36)31(35-38)26-10-12-27(13-11-26)32(34)39/h8-13,16,22-25H,5-7,14-15,17-21H2,1-4H3,(H2,34,39)/b9-8+. The molecule has 1 aliphatic heterocycles. The van der Waals surface area contributed by atoms with Gasteiger partial charge in [-0.25, -0.2) is 4.52 Å². The van der Waals surface area contributed by atoms with Crippen molar-refractivity contribution in [2.75, 3.05) is 32.7 Å². The van der Waals surface area contributed by atoms with Crippen molar-refractivity contribution in [1.29, 1.82) is 0 Å². The third-order valence-corrected chi connectivity index (χ3v) is 7.70. The molecule has 214 valence electrons. The molecule has 2 N–H and O–H groups in total. The number of amides is 2. The largest absolute Gasteiger partial charge is 0.366 e. The minimum absolute atomic E-state index is 0.0700. The predicted molar refractivity (Wildman–Crippen MR) is 163 cm³/mol. The smallest absolute Gasteiger partial charge is 0.253 e. The summed E-state index contributed by atoms with van der Waals surface area (Å²) in [6.07, 6.45) is 12.0. The first kappa shape index (κ1) is 29.5. The first-order valence-electron chi connectivity index (χ1n) is 14.8. The van der Waals surface area contributed by atoms with Crippen LogP contribution in [0.5, 0.6) is 0 Å². The van der Waals surface area contributed by atoms with Crippen LogP contribution in [0.15, 0.2) is 48.7 Å². The van der Waals surface area contributed by atoms with Gasteiger partial charge in [0.05, 0.1) is 5.52 Å². The van der Waals surface area contributed by atoms with Crippen molar-refractivity contribution in [3.05, 3.63) is 65.4 Å². The minimum Gasteiger partial charge on any atom is -0.366 e. The molecule has 0 saturated carbocycles. The van der Waals surface area contributed by atoms with E-state index in [2.05, 4.69) is 44.7 Å². The summed E-state index contributed by atoms with van der Waals surface area (Å²) in [7, 11) is 0. The van der Waals surface area contributed by atoms with Gasteiger partial charge in [0.15, 0.2) is 0 Å². The van der Waals surface area contributed by atoms with Crippen molar-refractivity contribution in [2.24, 2.45) is 17.6 Å². The highest BCUT2D eigenvalue weighted by Crippen LogP contribution is 2.29. The van der Waals surface area contributed by atoms with Crippen molar-refractivity contribution >= 4 is 23.4 Å². The number of aromatic nitrogens is 2. The molecule has 3 heterocycles. The van der Waals surface area contributed by atoms with Crippen molar-refractivity contribution in [3.8, 4) is 11.3 Å². The Hall–Kier alpha value is -3.45. The fraction of sp³-hybridized carbons (Fsp3) is 0.485. The lowest BCUT2D eigenvalue weighted by molar-refractivity contribution is 0.0740. The molecule has 0 atom stereocenters. The number of benzene rings is 1. The Kier molecular flexibility index (Phi) is 10.2. The molecule has 0 radical (unpaired) electrons. The maximum atomic E-state index is 13.8. The van der Waals surface area contributed by atoms with Crippen LogP contribution in [0.3, 0.4) is 0 Å². The first-order chi connectivity index (χ1) is 19.2. The lowest BCUT2D eigenvalue weighted by atomic mass is 10.0. The van der Waals surface area contributed by atoms with Crippen molar-refractivity contribution in [2.45, 2.75) is 59.8 Å². The third kappa shape index (κ3) is 7.60. The van der Waals surface area contributed by atoms with E-state index >= 15 is 0 Å². The van der Waals surface area contributed by atoms with Crippen LogP contribution in [-0.4, -0.2) is 64.0 Å². The number of carbonyl (C=O) groups excluding carboxylic acids is 2. The Bertz CT molecular complexity index is 1300. The minimum atomic E-state index is -0.453. The zero-order valence-corrected chi connectivity index (χ0v) is 24.6. The third-order valence-electron chi connectivity index (χ3n) is 7.70. The SMILES string of the molecule is CC(C)CCN(CCC(C)C)C(=O)c1ccn2nc(-c3ccc(C(N)=O)cc3)c(/C=C/CN3CCCCC3)c2c1. The monoisotopic (exact) mass is 543 g/mol. The van der Waals surface area contributed by atoms with Gasteiger partial charge < -0.3 is 10.6 Å². The van der Waals surface area contributed by atoms with Crippen LogP contribution in [-0.2, 0) is 0 Å². The van der Waals surface area contributed by atoms with Gasteiger partial charge in [-0.1, -0.05) is 58.4 Å². The number of fused-ring (bicyclic) bond motifs is 1. The quantitative estimate of drug-likeness (QED) is 0.298. The number of piperidine rings is 1. The number of rotatable bonds is 12. The van der Waals surface area contributed by atoms with Gasteiger partial charge in [-0.05, 0) is 74.9 Å². The lowest BCUT2D eigenvalue weighted by Crippen LogP contribution is -2.34. The van der Waals surface area contributed by atoms with Crippen LogP contribution in [0.1, 0.15) is 86.1 Å². The number of hydrogen-bond donors (Lipinski definition) is 1. The second kappa shape index (κ2) is 13.8. The molecular formula is C33H45N5O2. The van der Waals surface area contributed by atoms with Crippen LogP contribution in [0.25, 0.3) is 22.9 Å². The molecule has 7 nitrogen and oxygen atoms in total. The molecule has 1 fully saturated rings. The summed E-state index contributed by atoms with van der Waals surface area (Å²) < 4.78 is 1.85. The number of likely N-dealkylation sites (tertiary alicyclic amines) is 1. The highest BCUT2D eigenvalue weighted by molar-refractivity contribution is 5.97. The zero-order chi connectivity index (χ0) is 28.6. The molecule has 0 spiro atoms. The molecule has 2 amide bonds. The summed E-state index contributed by atoms with van der Waals surface area (Å²) >= 11 is 0. The van der Waals surface area contributed by atoms with E-state index in [4.69, 9.17) is 10.8 Å². The summed E-state index contributed by atoms with van der Waals surface area (Å²) in [4.78, 5) is 29.9. The van der Waals surface area contributed by atoms with Crippen LogP contribution < -0.4 is 5.73 Å². The summed E-state index contributed by atoms with van der Waals surface area (Å²) in [5.74, 6) is 0.685. The molecule has 0 aliphatic carbocycles. The van der Waals surface area contributed by atoms with E-state index in [1.165, 1.54) is 19.3 Å². The molecule has 2 aromatic heterocycles. The van der Waals surface area contributed by atoms with Gasteiger partial charge in [-0.15, -0.1) is 0 Å². The number of carbonyl (C=O) groups is 2. The Morgan fingerprint density at radius 3 is 2.20 bits per heavy atom. The number of nitrogens with two attached hydrogens (primary N) is 1. The van der Waals surface area contributed by atoms with Crippen LogP contribution in [0, 0.1) is 11.8 Å². The fourth-order valence-corrected chi connectivity index (χ4v) is 5.15. The molecular weight excluding hydrogens is 498 g/mol. The molecule has 3 aromatic rings. The van der Waals surface area contributed by atoms with Gasteiger partial charge in [-0.2, -0.15) is 5.10 Å². The van der Waals surface area contributed by atoms with Crippen LogP contribution in [0.4, 0.5) is 0 Å². The van der Waals surface area contributed by atoms with Gasteiger partial charge >= 0.3 is 0 Å². The average Bonchev–Trinajstić information content (AvgIpc) is 3.31. The van der Waals surface area contributed by atoms with Gasteiger partial charge in [0, 0.05) is 48.1 Å². The number of nitrogens with zero attached hydrogens (tertiary/aromatic N) is 4. The lowest BCUT2D eigenvalue weighted by Gasteiger charge is -2.25. The van der Waals surface area contributed by atoms with E-state index in [1.54, 1.807) is 12.1 Å². The van der Waals surface area contributed by atoms with E-state index in [0.717, 1.165) is 67.9 Å². The molecule has 0 unspecified atom stereocenters. The number of hydrogen-bond acceptors (Lipinski definition) is 4. The van der Waals surface area contributed by atoms with Gasteiger partial charge in [0.1, 0.15) is 5.69 Å². The van der Waals surface area contributed by atoms with Gasteiger partial charge in [0.2, 0.25) is 5.91 Å². The Balaban J connectivity index is 1.70. The fourth-order valence-electron chi connectivity index (χ4n) is 5.15. The maximum absolute atomic E-state index is 13.8. The zero-order valence-electron chi connectivity index (χ0n) is 24.6. The molecule has 40 heavy (non-hydrogen) atoms. The second-order valence-electron chi connectivity index (χ2n) is 11.9. The van der Waals surface area contributed by atoms with E-state index < -0.39 is 5.91 Å². The number of pyridine rings is 1. The molecule has 1 aliphatic rings. The van der Waals surface area contributed by atoms with Crippen molar-refractivity contribution in [3.63, 3.8) is 0 Å². The highest BCUT2D eigenvalue weighted by Gasteiger charge is 2.20. The summed E-state index contributed by atoms with van der Waals surface area (Å²) in [5, 5.41) is 4.90. The topological polar surface area (TPSA) is 83.9 Å². The highest BCUT2D eigenvalue weighted by atomic mass is 16.2. The molecule has 0 bridgehead atoms.